The maximum Gasteiger partial charge on any atom is 0.180 e. The van der Waals surface area contributed by atoms with Crippen LogP contribution >= 0.6 is 0 Å². The zero-order chi connectivity index (χ0) is 14.8. The number of pyridine rings is 1. The molecule has 0 aliphatic rings. The Kier molecular flexibility index (Phi) is 3.27. The van der Waals surface area contributed by atoms with Gasteiger partial charge in [-0.3, -0.25) is 4.98 Å². The third-order valence-corrected chi connectivity index (χ3v) is 3.08. The van der Waals surface area contributed by atoms with E-state index in [9.17, 15) is 4.39 Å². The molecule has 0 amide bonds. The van der Waals surface area contributed by atoms with Crippen molar-refractivity contribution in [3.8, 4) is 28.2 Å². The highest BCUT2D eigenvalue weighted by molar-refractivity contribution is 5.88. The first-order valence-corrected chi connectivity index (χ1v) is 6.20. The molecular formula is C15H12FN3O2. The predicted octanol–water partition coefficient (Wildman–Crippen LogP) is 3.13. The average Bonchev–Trinajstić information content (AvgIpc) is 2.88. The number of rotatable bonds is 3. The van der Waals surface area contributed by atoms with E-state index in [2.05, 4.69) is 10.1 Å². The topological polar surface area (TPSA) is 74.2 Å². The number of nitrogens with zero attached hydrogens (tertiary/aromatic N) is 2. The molecule has 0 aliphatic carbocycles. The first-order chi connectivity index (χ1) is 10.2. The van der Waals surface area contributed by atoms with Crippen LogP contribution in [-0.4, -0.2) is 17.3 Å². The lowest BCUT2D eigenvalue weighted by Gasteiger charge is -2.07. The van der Waals surface area contributed by atoms with Crippen molar-refractivity contribution < 1.29 is 13.7 Å². The molecule has 106 valence electrons. The molecule has 0 bridgehead atoms. The molecule has 0 atom stereocenters. The van der Waals surface area contributed by atoms with Crippen molar-refractivity contribution in [1.82, 2.24) is 10.1 Å². The Morgan fingerprint density at radius 3 is 2.90 bits per heavy atom. The fourth-order valence-corrected chi connectivity index (χ4v) is 2.14. The van der Waals surface area contributed by atoms with E-state index >= 15 is 0 Å². The first kappa shape index (κ1) is 13.1. The van der Waals surface area contributed by atoms with Crippen LogP contribution in [0.1, 0.15) is 0 Å². The molecule has 5 nitrogen and oxygen atoms in total. The second-order valence-corrected chi connectivity index (χ2v) is 4.36. The summed E-state index contributed by atoms with van der Waals surface area (Å²) in [6.07, 6.45) is 3.16. The van der Waals surface area contributed by atoms with E-state index in [0.717, 1.165) is 0 Å². The van der Waals surface area contributed by atoms with E-state index in [-0.39, 0.29) is 11.6 Å². The molecule has 2 aromatic heterocycles. The number of benzene rings is 1. The Labute approximate surface area is 120 Å². The van der Waals surface area contributed by atoms with Gasteiger partial charge in [0.1, 0.15) is 11.6 Å². The van der Waals surface area contributed by atoms with E-state index in [1.165, 1.54) is 19.2 Å². The van der Waals surface area contributed by atoms with Crippen LogP contribution in [0.2, 0.25) is 0 Å². The van der Waals surface area contributed by atoms with Crippen molar-refractivity contribution in [2.75, 3.05) is 12.8 Å². The second kappa shape index (κ2) is 5.24. The van der Waals surface area contributed by atoms with Gasteiger partial charge < -0.3 is 15.0 Å². The Bertz CT molecular complexity index is 786. The Hall–Kier alpha value is -2.89. The summed E-state index contributed by atoms with van der Waals surface area (Å²) >= 11 is 0. The Morgan fingerprint density at radius 1 is 1.29 bits per heavy atom. The van der Waals surface area contributed by atoms with Gasteiger partial charge in [-0.2, -0.15) is 0 Å². The lowest BCUT2D eigenvalue weighted by atomic mass is 10.0. The van der Waals surface area contributed by atoms with Crippen LogP contribution in [0.15, 0.2) is 47.2 Å². The summed E-state index contributed by atoms with van der Waals surface area (Å²) in [5.74, 6) is 0.763. The minimum atomic E-state index is -0.360. The fourth-order valence-electron chi connectivity index (χ4n) is 2.14. The normalized spacial score (nSPS) is 10.6. The van der Waals surface area contributed by atoms with Gasteiger partial charge in [0.2, 0.25) is 0 Å². The molecule has 0 saturated carbocycles. The van der Waals surface area contributed by atoms with Crippen LogP contribution in [-0.2, 0) is 0 Å². The van der Waals surface area contributed by atoms with Gasteiger partial charge in [-0.1, -0.05) is 17.3 Å². The summed E-state index contributed by atoms with van der Waals surface area (Å²) < 4.78 is 24.0. The molecule has 6 heteroatoms. The van der Waals surface area contributed by atoms with Crippen molar-refractivity contribution >= 4 is 5.82 Å². The smallest absolute Gasteiger partial charge is 0.180 e. The molecular weight excluding hydrogens is 273 g/mol. The SMILES string of the molecule is COc1cnccc1-c1onc(N)c1-c1cccc(F)c1. The van der Waals surface area contributed by atoms with Crippen molar-refractivity contribution in [1.29, 1.82) is 0 Å². The molecule has 2 heterocycles. The predicted molar refractivity (Wildman–Crippen MR) is 76.1 cm³/mol. The zero-order valence-corrected chi connectivity index (χ0v) is 11.2. The van der Waals surface area contributed by atoms with E-state index < -0.39 is 0 Å². The molecule has 2 N–H and O–H groups in total. The number of nitrogens with two attached hydrogens (primary N) is 1. The van der Waals surface area contributed by atoms with Gasteiger partial charge in [-0.05, 0) is 23.8 Å². The number of halogens is 1. The van der Waals surface area contributed by atoms with Crippen LogP contribution in [0.4, 0.5) is 10.2 Å². The number of ether oxygens (including phenoxy) is 1. The van der Waals surface area contributed by atoms with E-state index in [4.69, 9.17) is 15.0 Å². The van der Waals surface area contributed by atoms with Crippen LogP contribution < -0.4 is 10.5 Å². The van der Waals surface area contributed by atoms with Crippen LogP contribution in [0, 0.1) is 5.82 Å². The number of aromatic nitrogens is 2. The second-order valence-electron chi connectivity index (χ2n) is 4.36. The number of anilines is 1. The molecule has 0 fully saturated rings. The number of methoxy groups -OCH3 is 1. The van der Waals surface area contributed by atoms with E-state index in [1.807, 2.05) is 0 Å². The molecule has 0 unspecified atom stereocenters. The number of nitrogen functional groups attached to an aromatic ring is 1. The summed E-state index contributed by atoms with van der Waals surface area (Å²) in [6, 6.07) is 7.80. The summed E-state index contributed by atoms with van der Waals surface area (Å²) in [5, 5.41) is 3.78. The van der Waals surface area contributed by atoms with Crippen LogP contribution in [0.25, 0.3) is 22.5 Å². The van der Waals surface area contributed by atoms with Crippen molar-refractivity contribution in [3.05, 3.63) is 48.5 Å². The monoisotopic (exact) mass is 285 g/mol. The highest BCUT2D eigenvalue weighted by atomic mass is 19.1. The Balaban J connectivity index is 2.22. The molecule has 3 rings (SSSR count). The van der Waals surface area contributed by atoms with E-state index in [1.54, 1.807) is 30.6 Å². The van der Waals surface area contributed by atoms with Crippen molar-refractivity contribution in [2.45, 2.75) is 0 Å². The minimum absolute atomic E-state index is 0.189. The molecule has 0 saturated heterocycles. The van der Waals surface area contributed by atoms with Gasteiger partial charge in [0, 0.05) is 6.20 Å². The standard InChI is InChI=1S/C15H12FN3O2/c1-20-12-8-18-6-5-11(12)14-13(15(17)19-21-14)9-3-2-4-10(16)7-9/h2-8H,1H3,(H2,17,19). The lowest BCUT2D eigenvalue weighted by Crippen LogP contribution is -1.92. The largest absolute Gasteiger partial charge is 0.494 e. The van der Waals surface area contributed by atoms with Gasteiger partial charge in [-0.15, -0.1) is 0 Å². The van der Waals surface area contributed by atoms with Gasteiger partial charge in [0.15, 0.2) is 11.6 Å². The Morgan fingerprint density at radius 2 is 2.14 bits per heavy atom. The molecule has 0 spiro atoms. The maximum atomic E-state index is 13.4. The summed E-state index contributed by atoms with van der Waals surface area (Å²) in [5.41, 5.74) is 7.63. The average molecular weight is 285 g/mol. The third-order valence-electron chi connectivity index (χ3n) is 3.08. The summed E-state index contributed by atoms with van der Waals surface area (Å²) in [6.45, 7) is 0. The summed E-state index contributed by atoms with van der Waals surface area (Å²) in [4.78, 5) is 3.99. The van der Waals surface area contributed by atoms with Gasteiger partial charge in [0.25, 0.3) is 0 Å². The van der Waals surface area contributed by atoms with Crippen LogP contribution in [0.5, 0.6) is 5.75 Å². The fraction of sp³-hybridized carbons (Fsp3) is 0.0667. The van der Waals surface area contributed by atoms with Crippen molar-refractivity contribution in [3.63, 3.8) is 0 Å². The zero-order valence-electron chi connectivity index (χ0n) is 11.2. The number of hydrogen-bond acceptors (Lipinski definition) is 5. The van der Waals surface area contributed by atoms with Crippen LogP contribution in [0.3, 0.4) is 0 Å². The molecule has 21 heavy (non-hydrogen) atoms. The van der Waals surface area contributed by atoms with E-state index in [0.29, 0.717) is 28.2 Å². The quantitative estimate of drug-likeness (QED) is 0.800. The minimum Gasteiger partial charge on any atom is -0.494 e. The lowest BCUT2D eigenvalue weighted by molar-refractivity contribution is 0.405. The highest BCUT2D eigenvalue weighted by Crippen LogP contribution is 2.40. The molecule has 3 aromatic rings. The third kappa shape index (κ3) is 2.31. The van der Waals surface area contributed by atoms with Gasteiger partial charge in [0.05, 0.1) is 24.4 Å². The number of hydrogen-bond donors (Lipinski definition) is 1. The maximum absolute atomic E-state index is 13.4. The van der Waals surface area contributed by atoms with Crippen molar-refractivity contribution in [2.24, 2.45) is 0 Å². The van der Waals surface area contributed by atoms with Gasteiger partial charge in [-0.25, -0.2) is 4.39 Å². The first-order valence-electron chi connectivity index (χ1n) is 6.20. The highest BCUT2D eigenvalue weighted by Gasteiger charge is 2.20. The summed E-state index contributed by atoms with van der Waals surface area (Å²) in [7, 11) is 1.53. The molecule has 0 radical (unpaired) electrons. The molecule has 1 aromatic carbocycles. The van der Waals surface area contributed by atoms with Gasteiger partial charge >= 0.3 is 0 Å². The molecule has 0 aliphatic heterocycles.